The SMILES string of the molecule is CCCCCCCCCCCCCCCC(=O)OCCCCCCCCCCCCCCCCCCCC/C=C\CCCCCCCCCCCCCCCCCCCC(=O)NC(CO)C(O)CCCCCCCCCCCCC. The maximum absolute atomic E-state index is 12.5. The molecule has 6 nitrogen and oxygen atoms in total. The van der Waals surface area contributed by atoms with E-state index in [4.69, 9.17) is 4.74 Å². The number of ether oxygens (including phenoxy) is 1. The number of hydrogen-bond donors (Lipinski definition) is 3. The molecule has 0 saturated carbocycles. The van der Waals surface area contributed by atoms with Gasteiger partial charge < -0.3 is 20.3 Å². The fourth-order valence-electron chi connectivity index (χ4n) is 11.9. The van der Waals surface area contributed by atoms with Crippen molar-refractivity contribution in [2.45, 2.75) is 437 Å². The molecule has 0 saturated heterocycles. The highest BCUT2D eigenvalue weighted by atomic mass is 16.5. The molecule has 0 aliphatic heterocycles. The second kappa shape index (κ2) is 70.1. The molecule has 0 spiro atoms. The molecule has 0 aromatic heterocycles. The third kappa shape index (κ3) is 65.7. The van der Waals surface area contributed by atoms with Crippen molar-refractivity contribution >= 4 is 11.9 Å². The van der Waals surface area contributed by atoms with Crippen LogP contribution in [0.1, 0.15) is 425 Å². The zero-order valence-electron chi connectivity index (χ0n) is 54.6. The van der Waals surface area contributed by atoms with Gasteiger partial charge in [0.15, 0.2) is 0 Å². The standard InChI is InChI=1S/C74H145NO5/c1-3-5-7-9-11-13-15-43-48-52-56-60-64-68-74(79)80-69-65-61-57-53-49-45-42-40-38-36-34-32-30-28-26-24-22-20-18-16-17-19-21-23-25-27-29-31-33-35-37-39-41-44-47-51-55-59-63-67-73(78)75-71(70-76)72(77)66-62-58-54-50-46-14-12-10-8-6-4-2/h16-17,71-72,76-77H,3-15,18-70H2,1-2H3,(H,75,78)/b17-16-. The third-order valence-electron chi connectivity index (χ3n) is 17.6. The second-order valence-corrected chi connectivity index (χ2v) is 25.6. The van der Waals surface area contributed by atoms with Crippen LogP contribution in [0.25, 0.3) is 0 Å². The van der Waals surface area contributed by atoms with Gasteiger partial charge in [0.05, 0.1) is 25.4 Å². The van der Waals surface area contributed by atoms with E-state index in [2.05, 4.69) is 31.3 Å². The molecular weight excluding hydrogens is 983 g/mol. The molecule has 2 unspecified atom stereocenters. The Morgan fingerprint density at radius 2 is 0.588 bits per heavy atom. The summed E-state index contributed by atoms with van der Waals surface area (Å²) in [6.07, 6.45) is 87.3. The third-order valence-corrected chi connectivity index (χ3v) is 17.6. The van der Waals surface area contributed by atoms with Crippen molar-refractivity contribution in [3.05, 3.63) is 12.2 Å². The number of unbranched alkanes of at least 4 members (excludes halogenated alkanes) is 57. The number of aliphatic hydroxyl groups is 2. The van der Waals surface area contributed by atoms with E-state index in [0.29, 0.717) is 25.9 Å². The van der Waals surface area contributed by atoms with Crippen molar-refractivity contribution in [3.63, 3.8) is 0 Å². The Kier molecular flexibility index (Phi) is 68.9. The van der Waals surface area contributed by atoms with Gasteiger partial charge >= 0.3 is 5.97 Å². The first kappa shape index (κ1) is 78.6. The molecular formula is C74H145NO5. The van der Waals surface area contributed by atoms with Crippen molar-refractivity contribution < 1.29 is 24.5 Å². The topological polar surface area (TPSA) is 95.9 Å². The van der Waals surface area contributed by atoms with Crippen LogP contribution >= 0.6 is 0 Å². The number of rotatable bonds is 70. The summed E-state index contributed by atoms with van der Waals surface area (Å²) in [5.41, 5.74) is 0. The highest BCUT2D eigenvalue weighted by molar-refractivity contribution is 5.76. The Balaban J connectivity index is 3.29. The summed E-state index contributed by atoms with van der Waals surface area (Å²) in [5, 5.41) is 23.2. The van der Waals surface area contributed by atoms with E-state index in [1.807, 2.05) is 0 Å². The van der Waals surface area contributed by atoms with E-state index in [9.17, 15) is 19.8 Å². The lowest BCUT2D eigenvalue weighted by atomic mass is 10.0. The van der Waals surface area contributed by atoms with Crippen LogP contribution in [0.5, 0.6) is 0 Å². The molecule has 0 aromatic rings. The molecule has 0 aliphatic carbocycles. The van der Waals surface area contributed by atoms with Crippen LogP contribution in [0, 0.1) is 0 Å². The first-order valence-corrected chi connectivity index (χ1v) is 36.9. The maximum atomic E-state index is 12.5. The molecule has 80 heavy (non-hydrogen) atoms. The second-order valence-electron chi connectivity index (χ2n) is 25.6. The summed E-state index contributed by atoms with van der Waals surface area (Å²) in [6.45, 7) is 4.98. The Bertz CT molecular complexity index is 1210. The quantitative estimate of drug-likeness (QED) is 0.0320. The van der Waals surface area contributed by atoms with E-state index in [1.165, 1.54) is 353 Å². The van der Waals surface area contributed by atoms with Gasteiger partial charge in [-0.05, 0) is 51.4 Å². The van der Waals surface area contributed by atoms with Crippen LogP contribution < -0.4 is 5.32 Å². The van der Waals surface area contributed by atoms with Gasteiger partial charge in [-0.2, -0.15) is 0 Å². The Morgan fingerprint density at radius 3 is 0.887 bits per heavy atom. The van der Waals surface area contributed by atoms with Gasteiger partial charge in [0.1, 0.15) is 0 Å². The van der Waals surface area contributed by atoms with Crippen LogP contribution in [0.2, 0.25) is 0 Å². The van der Waals surface area contributed by atoms with E-state index >= 15 is 0 Å². The lowest BCUT2D eigenvalue weighted by Gasteiger charge is -2.22. The molecule has 2 atom stereocenters. The lowest BCUT2D eigenvalue weighted by molar-refractivity contribution is -0.143. The minimum absolute atomic E-state index is 0.0248. The fraction of sp³-hybridized carbons (Fsp3) is 0.946. The average Bonchev–Trinajstić information content (AvgIpc) is 3.46. The first-order chi connectivity index (χ1) is 39.5. The van der Waals surface area contributed by atoms with E-state index in [1.54, 1.807) is 0 Å². The molecule has 0 aliphatic rings. The van der Waals surface area contributed by atoms with E-state index < -0.39 is 12.1 Å². The largest absolute Gasteiger partial charge is 0.466 e. The van der Waals surface area contributed by atoms with Crippen LogP contribution in [0.4, 0.5) is 0 Å². The fourth-order valence-corrected chi connectivity index (χ4v) is 11.9. The van der Waals surface area contributed by atoms with Crippen molar-refractivity contribution in [1.82, 2.24) is 5.32 Å². The smallest absolute Gasteiger partial charge is 0.305 e. The number of carbonyl (C=O) groups excluding carboxylic acids is 2. The molecule has 0 radical (unpaired) electrons. The Hall–Kier alpha value is -1.40. The minimum atomic E-state index is -0.659. The predicted octanol–water partition coefficient (Wildman–Crippen LogP) is 23.9. The number of esters is 1. The number of allylic oxidation sites excluding steroid dienone is 2. The zero-order valence-corrected chi connectivity index (χ0v) is 54.6. The van der Waals surface area contributed by atoms with Crippen LogP contribution in [0.15, 0.2) is 12.2 Å². The Morgan fingerprint density at radius 1 is 0.338 bits per heavy atom. The number of amides is 1. The molecule has 0 aromatic carbocycles. The van der Waals surface area contributed by atoms with Gasteiger partial charge in [-0.3, -0.25) is 9.59 Å². The number of carbonyl (C=O) groups is 2. The molecule has 0 heterocycles. The summed E-state index contributed by atoms with van der Waals surface area (Å²) in [4.78, 5) is 24.5. The predicted molar refractivity (Wildman–Crippen MR) is 352 cm³/mol. The monoisotopic (exact) mass is 1130 g/mol. The summed E-state index contributed by atoms with van der Waals surface area (Å²) < 4.78 is 5.49. The van der Waals surface area contributed by atoms with Gasteiger partial charge in [0.25, 0.3) is 0 Å². The summed E-state index contributed by atoms with van der Waals surface area (Å²) in [6, 6.07) is -0.536. The molecule has 0 fully saturated rings. The van der Waals surface area contributed by atoms with E-state index in [0.717, 1.165) is 38.5 Å². The Labute approximate surface area is 501 Å². The zero-order chi connectivity index (χ0) is 57.8. The number of nitrogens with one attached hydrogen (secondary N) is 1. The lowest BCUT2D eigenvalue weighted by Crippen LogP contribution is -2.45. The maximum Gasteiger partial charge on any atom is 0.305 e. The van der Waals surface area contributed by atoms with Crippen molar-refractivity contribution in [3.8, 4) is 0 Å². The molecule has 3 N–H and O–H groups in total. The van der Waals surface area contributed by atoms with Gasteiger partial charge in [0, 0.05) is 12.8 Å². The van der Waals surface area contributed by atoms with Gasteiger partial charge in [-0.1, -0.05) is 373 Å². The van der Waals surface area contributed by atoms with Crippen LogP contribution in [-0.2, 0) is 14.3 Å². The first-order valence-electron chi connectivity index (χ1n) is 36.9. The van der Waals surface area contributed by atoms with Gasteiger partial charge in [-0.15, -0.1) is 0 Å². The van der Waals surface area contributed by atoms with E-state index in [-0.39, 0.29) is 18.5 Å². The number of aliphatic hydroxyl groups excluding tert-OH is 2. The minimum Gasteiger partial charge on any atom is -0.466 e. The molecule has 0 rings (SSSR count). The summed E-state index contributed by atoms with van der Waals surface area (Å²) >= 11 is 0. The van der Waals surface area contributed by atoms with Crippen LogP contribution in [0.3, 0.4) is 0 Å². The normalized spacial score (nSPS) is 12.5. The van der Waals surface area contributed by atoms with Gasteiger partial charge in [-0.25, -0.2) is 0 Å². The molecule has 476 valence electrons. The van der Waals surface area contributed by atoms with Gasteiger partial charge in [0.2, 0.25) is 5.91 Å². The summed E-state index contributed by atoms with van der Waals surface area (Å²) in [5.74, 6) is -0.00436. The molecule has 6 heteroatoms. The summed E-state index contributed by atoms with van der Waals surface area (Å²) in [7, 11) is 0. The molecule has 0 bridgehead atoms. The highest BCUT2D eigenvalue weighted by Crippen LogP contribution is 2.19. The average molecular weight is 1130 g/mol. The number of hydrogen-bond acceptors (Lipinski definition) is 5. The van der Waals surface area contributed by atoms with Crippen molar-refractivity contribution in [2.24, 2.45) is 0 Å². The van der Waals surface area contributed by atoms with Crippen molar-refractivity contribution in [2.75, 3.05) is 13.2 Å². The molecule has 1 amide bonds. The highest BCUT2D eigenvalue weighted by Gasteiger charge is 2.20. The van der Waals surface area contributed by atoms with Crippen molar-refractivity contribution in [1.29, 1.82) is 0 Å². The van der Waals surface area contributed by atoms with Crippen LogP contribution in [-0.4, -0.2) is 47.4 Å².